The third-order valence-electron chi connectivity index (χ3n) is 3.71. The van der Waals surface area contributed by atoms with Crippen molar-refractivity contribution in [3.8, 4) is 5.75 Å². The number of amides is 1. The first kappa shape index (κ1) is 15.3. The van der Waals surface area contributed by atoms with Gasteiger partial charge >= 0.3 is 0 Å². The van der Waals surface area contributed by atoms with Crippen LogP contribution >= 0.6 is 15.9 Å². The average Bonchev–Trinajstić information content (AvgIpc) is 2.40. The van der Waals surface area contributed by atoms with E-state index in [0.717, 1.165) is 12.8 Å². The number of ether oxygens (including phenoxy) is 1. The number of nitrogens with one attached hydrogen (secondary N) is 1. The van der Waals surface area contributed by atoms with E-state index in [1.807, 2.05) is 0 Å². The first-order chi connectivity index (χ1) is 9.56. The molecule has 1 aromatic carbocycles. The third-order valence-corrected chi connectivity index (χ3v) is 4.33. The summed E-state index contributed by atoms with van der Waals surface area (Å²) in [5, 5.41) is 3.02. The predicted octanol–water partition coefficient (Wildman–Crippen LogP) is 3.66. The minimum absolute atomic E-state index is 0.0482. The van der Waals surface area contributed by atoms with E-state index in [1.165, 1.54) is 31.0 Å². The van der Waals surface area contributed by atoms with Gasteiger partial charge in [0.05, 0.1) is 4.47 Å². The molecule has 1 fully saturated rings. The zero-order chi connectivity index (χ0) is 14.5. The molecule has 0 unspecified atom stereocenters. The molecule has 3 nitrogen and oxygen atoms in total. The minimum Gasteiger partial charge on any atom is -0.483 e. The molecule has 0 spiro atoms. The Morgan fingerprint density at radius 2 is 2.20 bits per heavy atom. The molecule has 1 aliphatic carbocycles. The number of hydrogen-bond acceptors (Lipinski definition) is 2. The van der Waals surface area contributed by atoms with Crippen molar-refractivity contribution in [2.75, 3.05) is 6.61 Å². The van der Waals surface area contributed by atoms with E-state index in [9.17, 15) is 9.18 Å². The maximum absolute atomic E-state index is 12.9. The van der Waals surface area contributed by atoms with E-state index in [-0.39, 0.29) is 24.4 Å². The van der Waals surface area contributed by atoms with Crippen LogP contribution in [0.1, 0.15) is 32.6 Å². The summed E-state index contributed by atoms with van der Waals surface area (Å²) in [7, 11) is 0. The molecule has 1 aliphatic rings. The van der Waals surface area contributed by atoms with Crippen molar-refractivity contribution in [2.24, 2.45) is 5.92 Å². The van der Waals surface area contributed by atoms with Gasteiger partial charge in [-0.05, 0) is 52.9 Å². The highest BCUT2D eigenvalue weighted by Crippen LogP contribution is 2.26. The Balaban J connectivity index is 1.82. The van der Waals surface area contributed by atoms with Gasteiger partial charge in [0, 0.05) is 6.04 Å². The number of rotatable bonds is 4. The van der Waals surface area contributed by atoms with Gasteiger partial charge in [-0.3, -0.25) is 4.79 Å². The van der Waals surface area contributed by atoms with Gasteiger partial charge in [-0.2, -0.15) is 0 Å². The number of halogens is 2. The Morgan fingerprint density at radius 1 is 1.45 bits per heavy atom. The quantitative estimate of drug-likeness (QED) is 0.905. The van der Waals surface area contributed by atoms with Gasteiger partial charge in [0.15, 0.2) is 6.61 Å². The van der Waals surface area contributed by atoms with Crippen LogP contribution < -0.4 is 10.1 Å². The van der Waals surface area contributed by atoms with E-state index in [2.05, 4.69) is 28.2 Å². The molecule has 0 heterocycles. The lowest BCUT2D eigenvalue weighted by atomic mass is 9.86. The summed E-state index contributed by atoms with van der Waals surface area (Å²) in [6.07, 6.45) is 4.61. The number of hydrogen-bond donors (Lipinski definition) is 1. The van der Waals surface area contributed by atoms with E-state index in [1.54, 1.807) is 0 Å². The second kappa shape index (κ2) is 7.07. The zero-order valence-electron chi connectivity index (χ0n) is 11.5. The van der Waals surface area contributed by atoms with Crippen LogP contribution in [-0.2, 0) is 4.79 Å². The van der Waals surface area contributed by atoms with Crippen LogP contribution in [0.15, 0.2) is 22.7 Å². The van der Waals surface area contributed by atoms with Crippen LogP contribution in [0.3, 0.4) is 0 Å². The summed E-state index contributed by atoms with van der Waals surface area (Å²) in [6, 6.07) is 4.38. The summed E-state index contributed by atoms with van der Waals surface area (Å²) < 4.78 is 18.8. The molecule has 1 aromatic rings. The maximum atomic E-state index is 12.9. The molecule has 2 atom stereocenters. The molecule has 1 amide bonds. The van der Waals surface area contributed by atoms with Crippen LogP contribution in [0, 0.1) is 11.7 Å². The molecule has 0 radical (unpaired) electrons. The molecule has 20 heavy (non-hydrogen) atoms. The number of carbonyl (C=O) groups excluding carboxylic acids is 1. The summed E-state index contributed by atoms with van der Waals surface area (Å²) >= 11 is 3.21. The fourth-order valence-electron chi connectivity index (χ4n) is 2.51. The number of benzene rings is 1. The molecular formula is C15H19BrFNO2. The Kier molecular flexibility index (Phi) is 5.40. The topological polar surface area (TPSA) is 38.3 Å². The lowest BCUT2D eigenvalue weighted by Gasteiger charge is -2.29. The smallest absolute Gasteiger partial charge is 0.258 e. The zero-order valence-corrected chi connectivity index (χ0v) is 13.1. The summed E-state index contributed by atoms with van der Waals surface area (Å²) in [5.41, 5.74) is 0. The van der Waals surface area contributed by atoms with E-state index < -0.39 is 0 Å². The van der Waals surface area contributed by atoms with Gasteiger partial charge < -0.3 is 10.1 Å². The van der Waals surface area contributed by atoms with Crippen molar-refractivity contribution in [1.82, 2.24) is 5.32 Å². The Morgan fingerprint density at radius 3 is 2.90 bits per heavy atom. The number of carbonyl (C=O) groups is 1. The van der Waals surface area contributed by atoms with Crippen LogP contribution in [0.25, 0.3) is 0 Å². The van der Waals surface area contributed by atoms with Crippen molar-refractivity contribution in [2.45, 2.75) is 38.6 Å². The first-order valence-corrected chi connectivity index (χ1v) is 7.73. The van der Waals surface area contributed by atoms with Gasteiger partial charge in [0.1, 0.15) is 11.6 Å². The third kappa shape index (κ3) is 4.20. The van der Waals surface area contributed by atoms with Crippen LogP contribution in [-0.4, -0.2) is 18.6 Å². The molecule has 1 saturated carbocycles. The first-order valence-electron chi connectivity index (χ1n) is 6.93. The molecular weight excluding hydrogens is 325 g/mol. The van der Waals surface area contributed by atoms with E-state index >= 15 is 0 Å². The highest BCUT2D eigenvalue weighted by molar-refractivity contribution is 9.10. The molecule has 110 valence electrons. The average molecular weight is 344 g/mol. The minimum atomic E-state index is -0.343. The maximum Gasteiger partial charge on any atom is 0.258 e. The molecule has 1 N–H and O–H groups in total. The van der Waals surface area contributed by atoms with Gasteiger partial charge in [0.25, 0.3) is 5.91 Å². The van der Waals surface area contributed by atoms with Gasteiger partial charge in [-0.25, -0.2) is 4.39 Å². The molecule has 0 saturated heterocycles. The molecule has 0 aromatic heterocycles. The highest BCUT2D eigenvalue weighted by atomic mass is 79.9. The highest BCUT2D eigenvalue weighted by Gasteiger charge is 2.22. The summed E-state index contributed by atoms with van der Waals surface area (Å²) in [6.45, 7) is 2.12. The van der Waals surface area contributed by atoms with Crippen molar-refractivity contribution in [3.05, 3.63) is 28.5 Å². The molecule has 5 heteroatoms. The van der Waals surface area contributed by atoms with Crippen molar-refractivity contribution in [3.63, 3.8) is 0 Å². The normalized spacial score (nSPS) is 22.4. The Hall–Kier alpha value is -1.10. The lowest BCUT2D eigenvalue weighted by Crippen LogP contribution is -2.43. The standard InChI is InChI=1S/C15H19BrFNO2/c1-10-4-2-3-5-13(10)18-15(19)9-20-14-7-6-11(17)8-12(14)16/h6-8,10,13H,2-5,9H2,1H3,(H,18,19)/t10-,13-/m0/s1. The van der Waals surface area contributed by atoms with E-state index in [4.69, 9.17) is 4.74 Å². The van der Waals surface area contributed by atoms with Crippen molar-refractivity contribution < 1.29 is 13.9 Å². The second-order valence-corrected chi connectivity index (χ2v) is 6.15. The van der Waals surface area contributed by atoms with Crippen LogP contribution in [0.2, 0.25) is 0 Å². The lowest BCUT2D eigenvalue weighted by molar-refractivity contribution is -0.124. The second-order valence-electron chi connectivity index (χ2n) is 5.30. The van der Waals surface area contributed by atoms with Crippen LogP contribution in [0.4, 0.5) is 4.39 Å². The predicted molar refractivity (Wildman–Crippen MR) is 79.2 cm³/mol. The molecule has 2 rings (SSSR count). The summed E-state index contributed by atoms with van der Waals surface area (Å²) in [4.78, 5) is 11.9. The van der Waals surface area contributed by atoms with Crippen molar-refractivity contribution in [1.29, 1.82) is 0 Å². The fraction of sp³-hybridized carbons (Fsp3) is 0.533. The monoisotopic (exact) mass is 343 g/mol. The largest absolute Gasteiger partial charge is 0.483 e. The van der Waals surface area contributed by atoms with Gasteiger partial charge in [-0.1, -0.05) is 19.8 Å². The molecule has 0 bridgehead atoms. The van der Waals surface area contributed by atoms with Crippen LogP contribution in [0.5, 0.6) is 5.75 Å². The fourth-order valence-corrected chi connectivity index (χ4v) is 2.98. The van der Waals surface area contributed by atoms with Crippen molar-refractivity contribution >= 4 is 21.8 Å². The Bertz CT molecular complexity index is 481. The van der Waals surface area contributed by atoms with Gasteiger partial charge in [0.2, 0.25) is 0 Å². The summed E-state index contributed by atoms with van der Waals surface area (Å²) in [5.74, 6) is 0.521. The molecule has 0 aliphatic heterocycles. The van der Waals surface area contributed by atoms with Gasteiger partial charge in [-0.15, -0.1) is 0 Å². The Labute approximate surface area is 127 Å². The van der Waals surface area contributed by atoms with E-state index in [0.29, 0.717) is 16.1 Å². The SMILES string of the molecule is C[C@H]1CCCC[C@@H]1NC(=O)COc1ccc(F)cc1Br.